The van der Waals surface area contributed by atoms with Gasteiger partial charge in [-0.05, 0) is 45.4 Å². The fourth-order valence-electron chi connectivity index (χ4n) is 5.94. The lowest BCUT2D eigenvalue weighted by Crippen LogP contribution is -2.60. The minimum Gasteiger partial charge on any atom is -0.481 e. The van der Waals surface area contributed by atoms with E-state index in [1.165, 1.54) is 0 Å². The summed E-state index contributed by atoms with van der Waals surface area (Å²) in [5.74, 6) is -17.8. The predicted octanol–water partition coefficient (Wildman–Crippen LogP) is -9.47. The van der Waals surface area contributed by atoms with E-state index in [9.17, 15) is 82.8 Å². The van der Waals surface area contributed by atoms with E-state index < -0.39 is 183 Å². The molecule has 0 bridgehead atoms. The fourth-order valence-corrected chi connectivity index (χ4v) is 5.94. The van der Waals surface area contributed by atoms with Crippen LogP contribution in [0.25, 0.3) is 0 Å². The number of hydrogen-bond donors (Lipinski definition) is 21. The number of aliphatic hydroxyl groups is 1. The Hall–Kier alpha value is -8.43. The molecule has 8 atom stereocenters. The lowest BCUT2D eigenvalue weighted by atomic mass is 10.1. The molecule has 0 radical (unpaired) electrons. The molecule has 404 valence electrons. The van der Waals surface area contributed by atoms with Crippen molar-refractivity contribution < 1.29 is 87.9 Å². The summed E-state index contributed by atoms with van der Waals surface area (Å²) in [6.45, 7) is -0.425. The van der Waals surface area contributed by atoms with Gasteiger partial charge < -0.3 is 102 Å². The highest BCUT2D eigenvalue weighted by atomic mass is 16.4. The number of nitrogens with one attached hydrogen (secondary N) is 12. The maximum atomic E-state index is 13.6. The van der Waals surface area contributed by atoms with Crippen molar-refractivity contribution in [2.45, 2.75) is 119 Å². The van der Waals surface area contributed by atoms with Crippen LogP contribution in [0.15, 0.2) is 0 Å². The summed E-state index contributed by atoms with van der Waals surface area (Å²) < 4.78 is 0. The van der Waals surface area contributed by atoms with Crippen molar-refractivity contribution in [2.75, 3.05) is 26.2 Å². The molecule has 0 aromatic carbocycles. The van der Waals surface area contributed by atoms with Gasteiger partial charge in [0.05, 0.1) is 26.0 Å². The number of carboxylic acids is 4. The highest BCUT2D eigenvalue weighted by Crippen LogP contribution is 2.07. The second-order valence-corrected chi connectivity index (χ2v) is 15.5. The summed E-state index contributed by atoms with van der Waals surface area (Å²) in [5.41, 5.74) is 21.0. The number of aliphatic hydroxyl groups excluding tert-OH is 1. The largest absolute Gasteiger partial charge is 0.481 e. The molecule has 0 rings (SSSR count). The molecule has 0 fully saturated rings. The van der Waals surface area contributed by atoms with Crippen molar-refractivity contribution in [1.82, 2.24) is 53.2 Å². The van der Waals surface area contributed by atoms with Gasteiger partial charge in [0.1, 0.15) is 48.3 Å². The number of aliphatic carboxylic acids is 4. The lowest BCUT2D eigenvalue weighted by Gasteiger charge is -2.26. The smallest absolute Gasteiger partial charge is 0.326 e. The predicted molar refractivity (Wildman–Crippen MR) is 243 cm³/mol. The minimum atomic E-state index is -2.14. The van der Waals surface area contributed by atoms with Crippen LogP contribution in [0.3, 0.4) is 0 Å². The van der Waals surface area contributed by atoms with E-state index in [0.29, 0.717) is 0 Å². The summed E-state index contributed by atoms with van der Waals surface area (Å²) in [4.78, 5) is 163. The number of amides is 9. The van der Waals surface area contributed by atoms with Crippen LogP contribution >= 0.6 is 0 Å². The van der Waals surface area contributed by atoms with E-state index in [1.54, 1.807) is 0 Å². The van der Waals surface area contributed by atoms with Crippen LogP contribution in [0.2, 0.25) is 0 Å². The molecule has 9 amide bonds. The monoisotopic (exact) mass is 1030 g/mol. The van der Waals surface area contributed by atoms with Crippen LogP contribution < -0.4 is 76.1 Å². The Morgan fingerprint density at radius 3 is 1.19 bits per heavy atom. The Labute approximate surface area is 409 Å². The van der Waals surface area contributed by atoms with E-state index in [0.717, 1.165) is 6.92 Å². The van der Waals surface area contributed by atoms with Crippen molar-refractivity contribution in [3.05, 3.63) is 0 Å². The number of rotatable bonds is 36. The van der Waals surface area contributed by atoms with Gasteiger partial charge in [0.25, 0.3) is 0 Å². The second-order valence-electron chi connectivity index (χ2n) is 15.5. The molecular formula is C38H64N16O18. The minimum absolute atomic E-state index is 0.0274. The van der Waals surface area contributed by atoms with Crippen LogP contribution in [0, 0.1) is 10.8 Å². The molecule has 0 spiro atoms. The maximum Gasteiger partial charge on any atom is 0.326 e. The average molecular weight is 1030 g/mol. The zero-order chi connectivity index (χ0) is 55.2. The van der Waals surface area contributed by atoms with Gasteiger partial charge in [0.15, 0.2) is 11.9 Å². The number of carboxylic acid groups (broad SMARTS) is 4. The topological polar surface area (TPSA) is 595 Å². The van der Waals surface area contributed by atoms with Crippen molar-refractivity contribution in [1.29, 1.82) is 10.8 Å². The molecule has 0 aromatic rings. The molecule has 34 heteroatoms. The zero-order valence-corrected chi connectivity index (χ0v) is 38.9. The molecule has 0 heterocycles. The summed E-state index contributed by atoms with van der Waals surface area (Å²) >= 11 is 0. The van der Waals surface area contributed by atoms with Crippen molar-refractivity contribution in [3.63, 3.8) is 0 Å². The number of hydrogen-bond acceptors (Lipinski definition) is 17. The number of nitrogens with two attached hydrogens (primary N) is 4. The van der Waals surface area contributed by atoms with E-state index in [2.05, 4.69) is 37.2 Å². The number of primary amides is 1. The van der Waals surface area contributed by atoms with Crippen LogP contribution in [0.5, 0.6) is 0 Å². The molecule has 8 unspecified atom stereocenters. The van der Waals surface area contributed by atoms with Gasteiger partial charge in [0.2, 0.25) is 53.2 Å². The fraction of sp³-hybridized carbons (Fsp3) is 0.605. The third kappa shape index (κ3) is 26.9. The van der Waals surface area contributed by atoms with Crippen LogP contribution in [-0.4, -0.2) is 189 Å². The van der Waals surface area contributed by atoms with Gasteiger partial charge in [-0.3, -0.25) is 68.4 Å². The summed E-state index contributed by atoms with van der Waals surface area (Å²) in [7, 11) is 0. The summed E-state index contributed by atoms with van der Waals surface area (Å²) in [5, 5.41) is 84.3. The average Bonchev–Trinajstić information content (AvgIpc) is 3.28. The van der Waals surface area contributed by atoms with E-state index in [1.807, 2.05) is 16.0 Å². The molecule has 0 aliphatic heterocycles. The van der Waals surface area contributed by atoms with Crippen molar-refractivity contribution >= 4 is 89.0 Å². The highest BCUT2D eigenvalue weighted by molar-refractivity contribution is 5.99. The lowest BCUT2D eigenvalue weighted by molar-refractivity contribution is -0.144. The van der Waals surface area contributed by atoms with Gasteiger partial charge >= 0.3 is 23.9 Å². The molecule has 0 aromatic heterocycles. The third-order valence-corrected chi connectivity index (χ3v) is 9.60. The summed E-state index contributed by atoms with van der Waals surface area (Å²) in [6, 6.07) is -14.2. The van der Waals surface area contributed by atoms with Gasteiger partial charge in [-0.25, -0.2) is 4.79 Å². The normalized spacial score (nSPS) is 13.9. The second kappa shape index (κ2) is 33.2. The van der Waals surface area contributed by atoms with Crippen LogP contribution in [-0.2, 0) is 62.3 Å². The van der Waals surface area contributed by atoms with Gasteiger partial charge in [-0.2, -0.15) is 0 Å². The molecule has 0 aliphatic carbocycles. The SMILES string of the molecule is CC(NC(=O)C(CO)NC(=O)C(CCCNC(=N)N)NC(=O)C(CCCNC(=N)N)NC(=O)CN)C(=O)NC(CCC(=O)O)C(=O)NC(CC(=O)O)C(=O)NC(CCC(=O)O)C(=O)NC(CC(N)=O)C(=O)O. The van der Waals surface area contributed by atoms with E-state index in [4.69, 9.17) is 38.9 Å². The molecule has 0 saturated carbocycles. The van der Waals surface area contributed by atoms with Gasteiger partial charge in [0, 0.05) is 25.9 Å². The number of carbonyl (C=O) groups excluding carboxylic acids is 9. The van der Waals surface area contributed by atoms with Gasteiger partial charge in [-0.15, -0.1) is 0 Å². The first-order valence-corrected chi connectivity index (χ1v) is 21.7. The van der Waals surface area contributed by atoms with Crippen LogP contribution in [0.1, 0.15) is 71.1 Å². The molecule has 0 aliphatic rings. The standard InChI is InChI=1S/C38H64N16O18/c1-16(47-35(70)23(15-55)54-31(66)18(5-3-11-46-38(43)44)50-30(65)17(48-25(57)14-39)4-2-10-45-37(41)42)29(64)49-19(6-8-26(58)59)32(67)52-21(13-28(62)63)34(69)51-20(7-9-27(60)61)33(68)53-22(36(71)72)12-24(40)56/h16-23,55H,2-15,39H2,1H3,(H2,40,56)(H,47,70)(H,48,57)(H,49,64)(H,50,65)(H,51,69)(H,52,67)(H,53,68)(H,54,66)(H,58,59)(H,60,61)(H,62,63)(H,71,72)(H4,41,42,45)(H4,43,44,46). The maximum absolute atomic E-state index is 13.6. The Morgan fingerprint density at radius 2 is 0.819 bits per heavy atom. The zero-order valence-electron chi connectivity index (χ0n) is 38.9. The molecule has 25 N–H and O–H groups in total. The van der Waals surface area contributed by atoms with E-state index >= 15 is 0 Å². The first-order chi connectivity index (χ1) is 33.6. The highest BCUT2D eigenvalue weighted by Gasteiger charge is 2.35. The number of carbonyl (C=O) groups is 13. The molecular weight excluding hydrogens is 969 g/mol. The molecule has 0 saturated heterocycles. The molecule has 72 heavy (non-hydrogen) atoms. The number of guanidine groups is 2. The first kappa shape index (κ1) is 63.6. The van der Waals surface area contributed by atoms with Crippen LogP contribution in [0.4, 0.5) is 0 Å². The van der Waals surface area contributed by atoms with Crippen molar-refractivity contribution in [2.24, 2.45) is 22.9 Å². The molecule has 34 nitrogen and oxygen atoms in total. The Morgan fingerprint density at radius 1 is 0.458 bits per heavy atom. The quantitative estimate of drug-likeness (QED) is 0.0157. The summed E-state index contributed by atoms with van der Waals surface area (Å²) in [6.07, 6.45) is -5.25. The van der Waals surface area contributed by atoms with E-state index in [-0.39, 0.29) is 44.7 Å². The van der Waals surface area contributed by atoms with Gasteiger partial charge in [-0.1, -0.05) is 0 Å². The van der Waals surface area contributed by atoms with Crippen molar-refractivity contribution in [3.8, 4) is 0 Å². The Balaban J connectivity index is 6.36. The Bertz CT molecular complexity index is 2010. The Kier molecular flexibility index (Phi) is 29.3. The third-order valence-electron chi connectivity index (χ3n) is 9.60. The first-order valence-electron chi connectivity index (χ1n) is 21.7.